The van der Waals surface area contributed by atoms with E-state index >= 15 is 0 Å². The minimum atomic E-state index is 0.437. The molecule has 5 heteroatoms. The molecule has 0 saturated carbocycles. The first-order chi connectivity index (χ1) is 9.74. The van der Waals surface area contributed by atoms with Crippen LogP contribution in [0.5, 0.6) is 0 Å². The first kappa shape index (κ1) is 14.5. The molecule has 2 aromatic rings. The predicted molar refractivity (Wildman–Crippen MR) is 78.2 cm³/mol. The molecule has 0 bridgehead atoms. The lowest BCUT2D eigenvalue weighted by Gasteiger charge is -2.20. The lowest BCUT2D eigenvalue weighted by atomic mass is 10.1. The third-order valence-electron chi connectivity index (χ3n) is 3.21. The first-order valence-corrected chi connectivity index (χ1v) is 6.40. The molecule has 20 heavy (non-hydrogen) atoms. The molecule has 0 amide bonds. The SMILES string of the molecule is CN(c1ccc(CNO)cc1)c1ccc(CNO)cc1. The van der Waals surface area contributed by atoms with Crippen molar-refractivity contribution < 1.29 is 10.4 Å². The quantitative estimate of drug-likeness (QED) is 0.609. The summed E-state index contributed by atoms with van der Waals surface area (Å²) in [6.07, 6.45) is 0. The minimum Gasteiger partial charge on any atom is -0.345 e. The van der Waals surface area contributed by atoms with E-state index in [1.165, 1.54) is 0 Å². The second kappa shape index (κ2) is 7.02. The predicted octanol–water partition coefficient (Wildman–Crippen LogP) is 2.41. The molecule has 0 radical (unpaired) electrons. The normalized spacial score (nSPS) is 10.6. The van der Waals surface area contributed by atoms with Gasteiger partial charge in [0.2, 0.25) is 0 Å². The van der Waals surface area contributed by atoms with Crippen LogP contribution in [-0.4, -0.2) is 17.5 Å². The molecule has 0 heterocycles. The summed E-state index contributed by atoms with van der Waals surface area (Å²) in [5, 5.41) is 17.3. The number of hydrogen-bond acceptors (Lipinski definition) is 5. The molecule has 2 aromatic carbocycles. The Bertz CT molecular complexity index is 476. The van der Waals surface area contributed by atoms with Crippen LogP contribution < -0.4 is 15.9 Å². The number of hydrogen-bond donors (Lipinski definition) is 4. The van der Waals surface area contributed by atoms with Crippen LogP contribution in [0.15, 0.2) is 48.5 Å². The summed E-state index contributed by atoms with van der Waals surface area (Å²) >= 11 is 0. The van der Waals surface area contributed by atoms with Gasteiger partial charge in [-0.15, -0.1) is 0 Å². The van der Waals surface area contributed by atoms with Gasteiger partial charge >= 0.3 is 0 Å². The van der Waals surface area contributed by atoms with Crippen LogP contribution in [0.4, 0.5) is 11.4 Å². The Morgan fingerprint density at radius 1 is 0.750 bits per heavy atom. The van der Waals surface area contributed by atoms with Gasteiger partial charge in [0, 0.05) is 31.5 Å². The molecule has 0 saturated heterocycles. The number of rotatable bonds is 6. The fraction of sp³-hybridized carbons (Fsp3) is 0.200. The maximum absolute atomic E-state index is 8.66. The van der Waals surface area contributed by atoms with Gasteiger partial charge in [0.05, 0.1) is 0 Å². The van der Waals surface area contributed by atoms with E-state index in [0.717, 1.165) is 22.5 Å². The van der Waals surface area contributed by atoms with Gasteiger partial charge < -0.3 is 15.3 Å². The summed E-state index contributed by atoms with van der Waals surface area (Å²) in [7, 11) is 2.00. The molecule has 0 unspecified atom stereocenters. The Labute approximate surface area is 118 Å². The van der Waals surface area contributed by atoms with Crippen molar-refractivity contribution in [3.05, 3.63) is 59.7 Å². The minimum absolute atomic E-state index is 0.437. The van der Waals surface area contributed by atoms with Crippen molar-refractivity contribution >= 4 is 11.4 Å². The van der Waals surface area contributed by atoms with Gasteiger partial charge in [-0.05, 0) is 35.4 Å². The zero-order chi connectivity index (χ0) is 14.4. The number of nitrogens with one attached hydrogen (secondary N) is 2. The molecule has 0 aromatic heterocycles. The average molecular weight is 273 g/mol. The fourth-order valence-electron chi connectivity index (χ4n) is 2.01. The zero-order valence-corrected chi connectivity index (χ0v) is 11.4. The first-order valence-electron chi connectivity index (χ1n) is 6.40. The summed E-state index contributed by atoms with van der Waals surface area (Å²) < 4.78 is 0. The van der Waals surface area contributed by atoms with Crippen LogP contribution in [-0.2, 0) is 13.1 Å². The highest BCUT2D eigenvalue weighted by Gasteiger charge is 2.04. The van der Waals surface area contributed by atoms with Gasteiger partial charge in [0.25, 0.3) is 0 Å². The summed E-state index contributed by atoms with van der Waals surface area (Å²) in [5.41, 5.74) is 8.47. The summed E-state index contributed by atoms with van der Waals surface area (Å²) in [4.78, 5) is 2.08. The molecule has 0 spiro atoms. The Morgan fingerprint density at radius 2 is 1.10 bits per heavy atom. The van der Waals surface area contributed by atoms with E-state index in [-0.39, 0.29) is 0 Å². The second-order valence-corrected chi connectivity index (χ2v) is 4.56. The van der Waals surface area contributed by atoms with Crippen molar-refractivity contribution in [2.75, 3.05) is 11.9 Å². The Kier molecular flexibility index (Phi) is 5.09. The highest BCUT2D eigenvalue weighted by molar-refractivity contribution is 5.62. The fourth-order valence-corrected chi connectivity index (χ4v) is 2.01. The molecule has 0 fully saturated rings. The topological polar surface area (TPSA) is 67.8 Å². The van der Waals surface area contributed by atoms with Gasteiger partial charge in [-0.2, -0.15) is 0 Å². The van der Waals surface area contributed by atoms with Gasteiger partial charge in [0.15, 0.2) is 0 Å². The third kappa shape index (κ3) is 3.55. The van der Waals surface area contributed by atoms with E-state index in [1.54, 1.807) is 0 Å². The maximum atomic E-state index is 8.66. The number of nitrogens with zero attached hydrogens (tertiary/aromatic N) is 1. The standard InChI is InChI=1S/C15H19N3O2/c1-18(14-6-2-12(3-7-14)10-16-19)15-8-4-13(5-9-15)11-17-20/h2-9,16-17,19-20H,10-11H2,1H3. The average Bonchev–Trinajstić information content (AvgIpc) is 2.49. The van der Waals surface area contributed by atoms with Crippen LogP contribution in [0.1, 0.15) is 11.1 Å². The van der Waals surface area contributed by atoms with Gasteiger partial charge in [-0.3, -0.25) is 0 Å². The molecule has 0 atom stereocenters. The van der Waals surface area contributed by atoms with E-state index in [9.17, 15) is 0 Å². The van der Waals surface area contributed by atoms with E-state index in [2.05, 4.69) is 15.9 Å². The number of benzene rings is 2. The second-order valence-electron chi connectivity index (χ2n) is 4.56. The Hall–Kier alpha value is -1.92. The van der Waals surface area contributed by atoms with Crippen LogP contribution in [0.2, 0.25) is 0 Å². The molecule has 0 aliphatic heterocycles. The van der Waals surface area contributed by atoms with Crippen LogP contribution in [0, 0.1) is 0 Å². The lowest BCUT2D eigenvalue weighted by molar-refractivity contribution is 0.161. The van der Waals surface area contributed by atoms with E-state index < -0.39 is 0 Å². The highest BCUT2D eigenvalue weighted by Crippen LogP contribution is 2.24. The van der Waals surface area contributed by atoms with Crippen molar-refractivity contribution in [1.82, 2.24) is 11.0 Å². The smallest absolute Gasteiger partial charge is 0.0458 e. The Morgan fingerprint density at radius 3 is 1.40 bits per heavy atom. The molecule has 106 valence electrons. The van der Waals surface area contributed by atoms with Crippen molar-refractivity contribution in [3.8, 4) is 0 Å². The molecule has 5 nitrogen and oxygen atoms in total. The van der Waals surface area contributed by atoms with Gasteiger partial charge in [0.1, 0.15) is 0 Å². The lowest BCUT2D eigenvalue weighted by Crippen LogP contribution is -2.11. The number of anilines is 2. The third-order valence-corrected chi connectivity index (χ3v) is 3.21. The van der Waals surface area contributed by atoms with Crippen molar-refractivity contribution in [2.45, 2.75) is 13.1 Å². The highest BCUT2D eigenvalue weighted by atomic mass is 16.5. The van der Waals surface area contributed by atoms with E-state index in [1.807, 2.05) is 55.6 Å². The van der Waals surface area contributed by atoms with E-state index in [0.29, 0.717) is 13.1 Å². The van der Waals surface area contributed by atoms with Crippen molar-refractivity contribution in [3.63, 3.8) is 0 Å². The number of hydroxylamine groups is 2. The van der Waals surface area contributed by atoms with Crippen molar-refractivity contribution in [2.24, 2.45) is 0 Å². The Balaban J connectivity index is 2.11. The molecule has 0 aliphatic rings. The van der Waals surface area contributed by atoms with Crippen LogP contribution >= 0.6 is 0 Å². The van der Waals surface area contributed by atoms with Crippen LogP contribution in [0.25, 0.3) is 0 Å². The van der Waals surface area contributed by atoms with Gasteiger partial charge in [-0.1, -0.05) is 24.3 Å². The molecule has 0 aliphatic carbocycles. The molecule has 4 N–H and O–H groups in total. The van der Waals surface area contributed by atoms with Gasteiger partial charge in [-0.25, -0.2) is 11.0 Å². The maximum Gasteiger partial charge on any atom is 0.0458 e. The summed E-state index contributed by atoms with van der Waals surface area (Å²) in [6.45, 7) is 0.875. The van der Waals surface area contributed by atoms with Crippen molar-refractivity contribution in [1.29, 1.82) is 0 Å². The molecular weight excluding hydrogens is 254 g/mol. The zero-order valence-electron chi connectivity index (χ0n) is 11.4. The molecule has 2 rings (SSSR count). The monoisotopic (exact) mass is 273 g/mol. The largest absolute Gasteiger partial charge is 0.345 e. The van der Waals surface area contributed by atoms with E-state index in [4.69, 9.17) is 10.4 Å². The summed E-state index contributed by atoms with van der Waals surface area (Å²) in [6, 6.07) is 15.9. The van der Waals surface area contributed by atoms with Crippen LogP contribution in [0.3, 0.4) is 0 Å². The summed E-state index contributed by atoms with van der Waals surface area (Å²) in [5.74, 6) is 0. The molecular formula is C15H19N3O2.